The second-order valence-electron chi connectivity index (χ2n) is 18.9. The molecule has 7 heteroatoms. The molecule has 0 aliphatic rings. The topological polar surface area (TPSA) is 65.3 Å². The summed E-state index contributed by atoms with van der Waals surface area (Å²) in [5.41, 5.74) is 16.7. The number of para-hydroxylation sites is 1. The maximum absolute atomic E-state index is 5.38. The largest absolute Gasteiger partial charge is 0.294 e. The minimum atomic E-state index is -0.137. The second-order valence-corrected chi connectivity index (χ2v) is 18.9. The van der Waals surface area contributed by atoms with Crippen molar-refractivity contribution in [3.63, 3.8) is 0 Å². The summed E-state index contributed by atoms with van der Waals surface area (Å²) in [7, 11) is 2.12. The van der Waals surface area contributed by atoms with Crippen molar-refractivity contribution in [2.75, 3.05) is 0 Å². The standard InChI is InChI=1S/C53H54N7/c1-31-21-34(4)48(35(5)22-31)51-56-49(36-17-18-42-41-15-13-14-16-43(41)60(44(42)27-36)47-29-38(19-20-54-47)52(6,7)8)55-50(57-51)37-25-39(53(9,10)11)28-40(26-37)59-30-58(12)45-23-32(2)33(3)24-46(45)59/h13-30H,1-12H3/q+1. The molecule has 0 aliphatic carbocycles. The monoisotopic (exact) mass is 788 g/mol. The van der Waals surface area contributed by atoms with E-state index in [9.17, 15) is 0 Å². The minimum Gasteiger partial charge on any atom is -0.294 e. The van der Waals surface area contributed by atoms with Crippen LogP contribution in [0.1, 0.15) is 80.5 Å². The first-order valence-corrected chi connectivity index (χ1v) is 20.9. The molecule has 0 aliphatic heterocycles. The molecule has 7 nitrogen and oxygen atoms in total. The van der Waals surface area contributed by atoms with Gasteiger partial charge in [-0.1, -0.05) is 89.6 Å². The van der Waals surface area contributed by atoms with Crippen LogP contribution in [0.5, 0.6) is 0 Å². The van der Waals surface area contributed by atoms with Gasteiger partial charge in [0.1, 0.15) is 11.5 Å². The van der Waals surface area contributed by atoms with Gasteiger partial charge in [0.2, 0.25) is 6.33 Å². The normalized spacial score (nSPS) is 12.3. The van der Waals surface area contributed by atoms with Crippen molar-refractivity contribution in [2.24, 2.45) is 7.05 Å². The Kier molecular flexibility index (Phi) is 9.16. The van der Waals surface area contributed by atoms with E-state index in [1.54, 1.807) is 0 Å². The van der Waals surface area contributed by atoms with Crippen molar-refractivity contribution < 1.29 is 4.57 Å². The van der Waals surface area contributed by atoms with Gasteiger partial charge in [-0.3, -0.25) is 4.57 Å². The van der Waals surface area contributed by atoms with Crippen molar-refractivity contribution in [3.8, 4) is 45.7 Å². The molecule has 0 N–H and O–H groups in total. The van der Waals surface area contributed by atoms with Crippen LogP contribution in [-0.2, 0) is 17.9 Å². The Balaban J connectivity index is 1.31. The molecule has 0 radical (unpaired) electrons. The zero-order valence-electron chi connectivity index (χ0n) is 37.0. The Morgan fingerprint density at radius 1 is 0.533 bits per heavy atom. The first-order chi connectivity index (χ1) is 28.4. The third-order valence-corrected chi connectivity index (χ3v) is 12.1. The molecule has 0 bridgehead atoms. The molecule has 9 aromatic rings. The van der Waals surface area contributed by atoms with Crippen molar-refractivity contribution >= 4 is 32.8 Å². The van der Waals surface area contributed by atoms with Crippen LogP contribution in [0.15, 0.2) is 110 Å². The van der Waals surface area contributed by atoms with Crippen molar-refractivity contribution in [1.29, 1.82) is 0 Å². The van der Waals surface area contributed by atoms with Crippen LogP contribution in [0.2, 0.25) is 0 Å². The zero-order chi connectivity index (χ0) is 42.4. The smallest absolute Gasteiger partial charge is 0.249 e. The molecule has 60 heavy (non-hydrogen) atoms. The number of nitrogens with zero attached hydrogens (tertiary/aromatic N) is 7. The highest BCUT2D eigenvalue weighted by Crippen LogP contribution is 2.37. The summed E-state index contributed by atoms with van der Waals surface area (Å²) in [6.45, 7) is 24.3. The molecule has 300 valence electrons. The number of aromatic nitrogens is 7. The van der Waals surface area contributed by atoms with Gasteiger partial charge < -0.3 is 0 Å². The third kappa shape index (κ3) is 6.76. The fourth-order valence-corrected chi connectivity index (χ4v) is 8.72. The average molecular weight is 789 g/mol. The molecule has 0 saturated carbocycles. The Bertz CT molecular complexity index is 3160. The van der Waals surface area contributed by atoms with Crippen LogP contribution in [-0.4, -0.2) is 29.1 Å². The minimum absolute atomic E-state index is 0.0280. The number of pyridine rings is 1. The van der Waals surface area contributed by atoms with Gasteiger partial charge in [0, 0.05) is 33.7 Å². The highest BCUT2D eigenvalue weighted by Gasteiger charge is 2.25. The number of hydrogen-bond acceptors (Lipinski definition) is 4. The Hall–Kier alpha value is -6.47. The maximum Gasteiger partial charge on any atom is 0.249 e. The fraction of sp³-hybridized carbons (Fsp3) is 0.264. The lowest BCUT2D eigenvalue weighted by atomic mass is 9.85. The van der Waals surface area contributed by atoms with E-state index in [0.29, 0.717) is 17.5 Å². The van der Waals surface area contributed by atoms with E-state index in [4.69, 9.17) is 19.9 Å². The lowest BCUT2D eigenvalue weighted by Crippen LogP contribution is -2.25. The lowest BCUT2D eigenvalue weighted by molar-refractivity contribution is -0.645. The number of benzene rings is 5. The molecule has 0 unspecified atom stereocenters. The molecule has 9 rings (SSSR count). The highest BCUT2D eigenvalue weighted by molar-refractivity contribution is 6.10. The number of imidazole rings is 1. The number of fused-ring (bicyclic) bond motifs is 4. The van der Waals surface area contributed by atoms with E-state index in [1.165, 1.54) is 38.7 Å². The van der Waals surface area contributed by atoms with Crippen LogP contribution in [0.4, 0.5) is 0 Å². The first kappa shape index (κ1) is 39.0. The molecular weight excluding hydrogens is 735 g/mol. The molecule has 4 aromatic heterocycles. The molecule has 4 heterocycles. The summed E-state index contributed by atoms with van der Waals surface area (Å²) in [4.78, 5) is 21.0. The maximum atomic E-state index is 5.38. The number of rotatable bonds is 5. The zero-order valence-corrected chi connectivity index (χ0v) is 37.0. The van der Waals surface area contributed by atoms with Gasteiger partial charge in [0.05, 0.1) is 18.1 Å². The number of hydrogen-bond donors (Lipinski definition) is 0. The van der Waals surface area contributed by atoms with Gasteiger partial charge in [-0.25, -0.2) is 24.5 Å². The first-order valence-electron chi connectivity index (χ1n) is 20.9. The Morgan fingerprint density at radius 3 is 1.90 bits per heavy atom. The molecule has 0 spiro atoms. The fourth-order valence-electron chi connectivity index (χ4n) is 8.72. The summed E-state index contributed by atoms with van der Waals surface area (Å²) >= 11 is 0. The van der Waals surface area contributed by atoms with Gasteiger partial charge in [-0.15, -0.1) is 0 Å². The van der Waals surface area contributed by atoms with Gasteiger partial charge in [0.15, 0.2) is 28.5 Å². The SMILES string of the molecule is Cc1cc(C)c(-c2nc(-c3cc(-n4c[n+](C)c5cc(C)c(C)cc54)cc(C(C)(C)C)c3)nc(-c3ccc4c5ccccc5n(-c5cc(C(C)(C)C)ccn5)c4c3)n2)c(C)c1. The van der Waals surface area contributed by atoms with Crippen molar-refractivity contribution in [2.45, 2.75) is 87.0 Å². The van der Waals surface area contributed by atoms with Crippen LogP contribution in [0.25, 0.3) is 78.5 Å². The van der Waals surface area contributed by atoms with Gasteiger partial charge in [-0.2, -0.15) is 4.57 Å². The lowest BCUT2D eigenvalue weighted by Gasteiger charge is -2.21. The van der Waals surface area contributed by atoms with E-state index >= 15 is 0 Å². The van der Waals surface area contributed by atoms with E-state index in [1.807, 2.05) is 6.20 Å². The number of aryl methyl sites for hydroxylation is 6. The second kappa shape index (κ2) is 14.1. The predicted octanol–water partition coefficient (Wildman–Crippen LogP) is 12.3. The average Bonchev–Trinajstić information content (AvgIpc) is 3.70. The summed E-state index contributed by atoms with van der Waals surface area (Å²) in [6, 6.07) is 35.3. The summed E-state index contributed by atoms with van der Waals surface area (Å²) < 4.78 is 6.79. The molecule has 0 fully saturated rings. The van der Waals surface area contributed by atoms with Gasteiger partial charge in [-0.05, 0) is 133 Å². The Morgan fingerprint density at radius 2 is 1.18 bits per heavy atom. The molecule has 0 saturated heterocycles. The predicted molar refractivity (Wildman–Crippen MR) is 247 cm³/mol. The molecule has 0 atom stereocenters. The summed E-state index contributed by atoms with van der Waals surface area (Å²) in [5, 5.41) is 2.32. The van der Waals surface area contributed by atoms with E-state index < -0.39 is 0 Å². The van der Waals surface area contributed by atoms with E-state index in [2.05, 4.69) is 200 Å². The van der Waals surface area contributed by atoms with Crippen molar-refractivity contribution in [1.82, 2.24) is 29.1 Å². The quantitative estimate of drug-likeness (QED) is 0.163. The highest BCUT2D eigenvalue weighted by atomic mass is 15.1. The molecule has 0 amide bonds. The van der Waals surface area contributed by atoms with Crippen LogP contribution in [0.3, 0.4) is 0 Å². The summed E-state index contributed by atoms with van der Waals surface area (Å²) in [5.74, 6) is 2.80. The van der Waals surface area contributed by atoms with Crippen molar-refractivity contribution in [3.05, 3.63) is 149 Å². The molecular formula is C53H54N7+. The van der Waals surface area contributed by atoms with Crippen LogP contribution in [0, 0.1) is 34.6 Å². The van der Waals surface area contributed by atoms with Crippen LogP contribution >= 0.6 is 0 Å². The summed E-state index contributed by atoms with van der Waals surface area (Å²) in [6.07, 6.45) is 4.11. The van der Waals surface area contributed by atoms with E-state index in [-0.39, 0.29) is 10.8 Å². The molecule has 5 aromatic carbocycles. The van der Waals surface area contributed by atoms with Crippen LogP contribution < -0.4 is 4.57 Å². The van der Waals surface area contributed by atoms with Gasteiger partial charge in [0.25, 0.3) is 0 Å². The Labute approximate surface area is 353 Å². The third-order valence-electron chi connectivity index (χ3n) is 12.1. The van der Waals surface area contributed by atoms with Gasteiger partial charge >= 0.3 is 0 Å². The van der Waals surface area contributed by atoms with E-state index in [0.717, 1.165) is 61.3 Å².